The third-order valence-corrected chi connectivity index (χ3v) is 7.17. The highest BCUT2D eigenvalue weighted by Crippen LogP contribution is 2.12. The van der Waals surface area contributed by atoms with Crippen molar-refractivity contribution in [1.82, 2.24) is 10.2 Å². The Morgan fingerprint density at radius 3 is 2.02 bits per heavy atom. The molecule has 2 amide bonds. The monoisotopic (exact) mass is 691 g/mol. The zero-order chi connectivity index (χ0) is 37.2. The first kappa shape index (κ1) is 44.1. The van der Waals surface area contributed by atoms with Crippen LogP contribution >= 0.6 is 0 Å². The number of urea groups is 1. The van der Waals surface area contributed by atoms with Crippen molar-refractivity contribution in [3.63, 3.8) is 0 Å². The number of carboxylic acids is 3. The van der Waals surface area contributed by atoms with Gasteiger partial charge in [0.2, 0.25) is 0 Å². The average molecular weight is 692 g/mol. The Hall–Kier alpha value is -4.93. The third kappa shape index (κ3) is 21.5. The van der Waals surface area contributed by atoms with E-state index in [1.165, 1.54) is 4.90 Å². The molecule has 0 bridgehead atoms. The number of nitrogens with one attached hydrogen (secondary N) is 1. The summed E-state index contributed by atoms with van der Waals surface area (Å²) in [4.78, 5) is 61.0. The van der Waals surface area contributed by atoms with E-state index in [0.29, 0.717) is 51.1 Å². The quantitative estimate of drug-likeness (QED) is 0.0478. The van der Waals surface area contributed by atoms with Gasteiger partial charge in [0.15, 0.2) is 0 Å². The van der Waals surface area contributed by atoms with Crippen molar-refractivity contribution in [1.29, 1.82) is 0 Å². The van der Waals surface area contributed by atoms with E-state index >= 15 is 0 Å². The number of carbonyl (C=O) groups is 5. The van der Waals surface area contributed by atoms with Crippen LogP contribution in [0.25, 0.3) is 20.9 Å². The van der Waals surface area contributed by atoms with E-state index in [-0.39, 0.29) is 19.0 Å². The zero-order valence-electron chi connectivity index (χ0n) is 27.8. The maximum Gasteiger partial charge on any atom is 0.322 e. The molecule has 0 spiro atoms. The molecule has 1 aliphatic rings. The lowest BCUT2D eigenvalue weighted by Gasteiger charge is -2.17. The predicted octanol–water partition coefficient (Wildman–Crippen LogP) is 3.05. The van der Waals surface area contributed by atoms with E-state index in [1.54, 1.807) is 24.3 Å². The lowest BCUT2D eigenvalue weighted by molar-refractivity contribution is -0.139. The lowest BCUT2D eigenvalue weighted by atomic mass is 10.0. The maximum atomic E-state index is 11.6. The number of Topliss-reactive ketones (excluding diaryl/α,β-unsaturated/α-hetero) is 1. The van der Waals surface area contributed by atoms with Crippen LogP contribution in [0.3, 0.4) is 0 Å². The number of carboxylic acid groups (broad SMARTS) is 3. The summed E-state index contributed by atoms with van der Waals surface area (Å²) in [5.74, 6) is -2.81. The van der Waals surface area contributed by atoms with Crippen LogP contribution in [0.15, 0.2) is 34.5 Å². The summed E-state index contributed by atoms with van der Waals surface area (Å²) in [6, 6.07) is 3.79. The predicted molar refractivity (Wildman–Crippen MR) is 180 cm³/mol. The highest BCUT2D eigenvalue weighted by molar-refractivity contribution is 5.78. The fraction of sp³-hybridized carbons (Fsp3) is 0.633. The number of ketones is 1. The lowest BCUT2D eigenvalue weighted by Crippen LogP contribution is -2.46. The molecule has 1 aromatic rings. The minimum atomic E-state index is -1.17. The van der Waals surface area contributed by atoms with Crippen molar-refractivity contribution in [3.05, 3.63) is 56.3 Å². The van der Waals surface area contributed by atoms with E-state index < -0.39 is 42.1 Å². The largest absolute Gasteiger partial charge is 0.480 e. The molecule has 49 heavy (non-hydrogen) atoms. The minimum absolute atomic E-state index is 0.128. The van der Waals surface area contributed by atoms with Crippen molar-refractivity contribution in [2.75, 3.05) is 19.6 Å². The molecule has 1 fully saturated rings. The van der Waals surface area contributed by atoms with Crippen LogP contribution in [0.5, 0.6) is 0 Å². The van der Waals surface area contributed by atoms with Crippen LogP contribution in [0, 0.1) is 0 Å². The number of nitrogens with zero attached hydrogens (tertiary/aromatic N) is 7. The molecule has 0 radical (unpaired) electrons. The summed E-state index contributed by atoms with van der Waals surface area (Å²) in [5.41, 5.74) is 34.1. The molecule has 19 nitrogen and oxygen atoms in total. The maximum absolute atomic E-state index is 11.6. The Morgan fingerprint density at radius 1 is 0.878 bits per heavy atom. The molecule has 0 aromatic heterocycles. The van der Waals surface area contributed by atoms with Gasteiger partial charge < -0.3 is 42.7 Å². The molecule has 10 N–H and O–H groups in total. The molecule has 1 aromatic carbocycles. The van der Waals surface area contributed by atoms with Gasteiger partial charge in [0.25, 0.3) is 0 Å². The second-order valence-electron chi connectivity index (χ2n) is 11.3. The second kappa shape index (κ2) is 26.1. The van der Waals surface area contributed by atoms with Crippen LogP contribution in [-0.2, 0) is 32.1 Å². The summed E-state index contributed by atoms with van der Waals surface area (Å²) in [6.07, 6.45) is 7.27. The van der Waals surface area contributed by atoms with Gasteiger partial charge in [-0.25, -0.2) is 4.79 Å². The number of likely N-dealkylation sites (tertiary alicyclic amines) is 1. The third-order valence-electron chi connectivity index (χ3n) is 7.17. The van der Waals surface area contributed by atoms with Gasteiger partial charge in [-0.3, -0.25) is 19.2 Å². The number of nitrogens with two attached hydrogens (primary N) is 3. The summed E-state index contributed by atoms with van der Waals surface area (Å²) in [5, 5.41) is 35.1. The van der Waals surface area contributed by atoms with Crippen LogP contribution in [0.1, 0.15) is 75.8 Å². The highest BCUT2D eigenvalue weighted by atomic mass is 16.4. The molecule has 1 saturated heterocycles. The molecular weight excluding hydrogens is 642 g/mol. The number of unbranched alkanes of at least 4 members (excludes halogenated alkanes) is 3. The van der Waals surface area contributed by atoms with Gasteiger partial charge in [0.05, 0.1) is 12.6 Å². The van der Waals surface area contributed by atoms with Crippen LogP contribution < -0.4 is 22.5 Å². The Morgan fingerprint density at radius 2 is 1.47 bits per heavy atom. The Bertz CT molecular complexity index is 1280. The van der Waals surface area contributed by atoms with E-state index in [9.17, 15) is 24.0 Å². The van der Waals surface area contributed by atoms with E-state index in [1.807, 2.05) is 0 Å². The van der Waals surface area contributed by atoms with Crippen molar-refractivity contribution >= 4 is 29.7 Å². The smallest absolute Gasteiger partial charge is 0.322 e. The topological polar surface area (TPSA) is 337 Å². The van der Waals surface area contributed by atoms with E-state index in [4.69, 9.17) is 43.6 Å². The number of hydrogen-bond acceptors (Lipinski definition) is 10. The first-order chi connectivity index (χ1) is 23.2. The molecular formula is C30H49N11O8. The first-order valence-electron chi connectivity index (χ1n) is 15.9. The van der Waals surface area contributed by atoms with E-state index in [0.717, 1.165) is 43.2 Å². The number of azide groups is 2. The van der Waals surface area contributed by atoms with Crippen LogP contribution in [0.2, 0.25) is 0 Å². The molecule has 272 valence electrons. The van der Waals surface area contributed by atoms with Crippen molar-refractivity contribution < 1.29 is 39.3 Å². The summed E-state index contributed by atoms with van der Waals surface area (Å²) < 4.78 is 0. The Kier molecular flexibility index (Phi) is 23.5. The Labute approximate surface area is 284 Å². The van der Waals surface area contributed by atoms with Crippen molar-refractivity contribution in [2.24, 2.45) is 27.4 Å². The normalized spacial score (nSPS) is 14.9. The highest BCUT2D eigenvalue weighted by Gasteiger charge is 2.26. The number of aliphatic carboxylic acids is 3. The fourth-order valence-electron chi connectivity index (χ4n) is 4.21. The van der Waals surface area contributed by atoms with Gasteiger partial charge >= 0.3 is 23.9 Å². The zero-order valence-corrected chi connectivity index (χ0v) is 27.8. The van der Waals surface area contributed by atoms with Crippen molar-refractivity contribution in [2.45, 2.75) is 102 Å². The van der Waals surface area contributed by atoms with Crippen LogP contribution in [-0.4, -0.2) is 93.7 Å². The fourth-order valence-corrected chi connectivity index (χ4v) is 4.21. The standard InChI is InChI=1S/C12H23NO3.C10H12N4O2.C8H14N6O3/c1-2-3-7-10(14)8-5-4-6-9-11(13)12(15)16;11-9(10(15)16)5-7-1-3-8(4-2-7)6-13-14-12;9-6(7(15)16)3-11-8(17)14-2-1-5(4-14)12-13-10/h11H,2-9,13H2,1H3,(H,15,16);1-4,9H,5-6,11H2,(H,15,16);5-6H,1-4,9H2,(H,11,17)(H,15,16)/t11-;9-;5?,6-/m000/s1. The molecule has 0 saturated carbocycles. The first-order valence-corrected chi connectivity index (χ1v) is 15.9. The number of carbonyl (C=O) groups excluding carboxylic acids is 2. The molecule has 2 rings (SSSR count). The SMILES string of the molecule is CCCCC(=O)CCCCC[C@H](N)C(=O)O.[N-]=[N+]=NC1CCN(C(=O)NC[C@H](N)C(=O)O)C1.[N-]=[N+]=NCc1ccc(C[C@H](N)C(=O)O)cc1. The van der Waals surface area contributed by atoms with Gasteiger partial charge in [0.1, 0.15) is 23.9 Å². The molecule has 0 aliphatic carbocycles. The molecule has 1 aliphatic heterocycles. The number of amides is 2. The average Bonchev–Trinajstić information content (AvgIpc) is 3.54. The van der Waals surface area contributed by atoms with E-state index in [2.05, 4.69) is 32.3 Å². The van der Waals surface area contributed by atoms with Gasteiger partial charge in [-0.05, 0) is 54.3 Å². The summed E-state index contributed by atoms with van der Waals surface area (Å²) >= 11 is 0. The number of rotatable bonds is 19. The van der Waals surface area contributed by atoms with Gasteiger partial charge in [-0.15, -0.1) is 0 Å². The molecule has 1 unspecified atom stereocenters. The second-order valence-corrected chi connectivity index (χ2v) is 11.3. The van der Waals surface area contributed by atoms with Crippen LogP contribution in [0.4, 0.5) is 4.79 Å². The number of hydrogen-bond donors (Lipinski definition) is 7. The van der Waals surface area contributed by atoms with Gasteiger partial charge in [-0.1, -0.05) is 60.7 Å². The Balaban J connectivity index is 0.000000706. The molecule has 1 heterocycles. The van der Waals surface area contributed by atoms with Gasteiger partial charge in [0, 0.05) is 42.3 Å². The summed E-state index contributed by atoms with van der Waals surface area (Å²) in [7, 11) is 0. The minimum Gasteiger partial charge on any atom is -0.480 e. The van der Waals surface area contributed by atoms with Crippen molar-refractivity contribution in [3.8, 4) is 0 Å². The van der Waals surface area contributed by atoms with Gasteiger partial charge in [-0.2, -0.15) is 0 Å². The molecule has 4 atom stereocenters. The molecule has 19 heteroatoms. The number of benzene rings is 1. The summed E-state index contributed by atoms with van der Waals surface area (Å²) in [6.45, 7) is 3.06.